The van der Waals surface area contributed by atoms with E-state index in [0.717, 1.165) is 10.7 Å². The normalized spacial score (nSPS) is 10.3. The van der Waals surface area contributed by atoms with Gasteiger partial charge in [-0.3, -0.25) is 25.5 Å². The molecule has 9 heteroatoms. The van der Waals surface area contributed by atoms with Gasteiger partial charge in [0.2, 0.25) is 0 Å². The van der Waals surface area contributed by atoms with Crippen molar-refractivity contribution in [3.05, 3.63) is 76.6 Å². The molecule has 0 saturated heterocycles. The quantitative estimate of drug-likeness (QED) is 0.461. The van der Waals surface area contributed by atoms with Gasteiger partial charge in [0.05, 0.1) is 10.6 Å². The van der Waals surface area contributed by atoms with Crippen molar-refractivity contribution in [2.24, 2.45) is 0 Å². The van der Waals surface area contributed by atoms with Gasteiger partial charge in [0.1, 0.15) is 6.33 Å². The van der Waals surface area contributed by atoms with Crippen LogP contribution in [0.4, 0.5) is 0 Å². The molecule has 3 aromatic rings. The molecule has 1 aromatic heterocycles. The number of aromatic amines is 1. The third-order valence-electron chi connectivity index (χ3n) is 3.39. The van der Waals surface area contributed by atoms with Crippen LogP contribution in [0.15, 0.2) is 60.0 Å². The number of aromatic nitrogens is 3. The minimum Gasteiger partial charge on any atom is -0.267 e. The largest absolute Gasteiger partial charge is 0.271 e. The Labute approximate surface area is 158 Å². The molecular formula is C17H14ClN5O2S. The van der Waals surface area contributed by atoms with E-state index in [0.29, 0.717) is 16.3 Å². The predicted octanol–water partition coefficient (Wildman–Crippen LogP) is 2.83. The molecule has 132 valence electrons. The Kier molecular flexibility index (Phi) is 5.88. The van der Waals surface area contributed by atoms with Gasteiger partial charge >= 0.3 is 0 Å². The van der Waals surface area contributed by atoms with Crippen LogP contribution in [0, 0.1) is 0 Å². The maximum absolute atomic E-state index is 12.1. The van der Waals surface area contributed by atoms with E-state index in [4.69, 9.17) is 11.6 Å². The molecular weight excluding hydrogens is 374 g/mol. The van der Waals surface area contributed by atoms with Crippen LogP contribution in [0.3, 0.4) is 0 Å². The Balaban J connectivity index is 1.53. The number of carbonyl (C=O) groups is 2. The lowest BCUT2D eigenvalue weighted by atomic mass is 10.1. The first-order valence-electron chi connectivity index (χ1n) is 7.56. The number of benzene rings is 2. The topological polar surface area (TPSA) is 99.8 Å². The molecule has 7 nitrogen and oxygen atoms in total. The summed E-state index contributed by atoms with van der Waals surface area (Å²) in [7, 11) is 0. The van der Waals surface area contributed by atoms with Crippen LogP contribution in [-0.2, 0) is 5.75 Å². The molecule has 0 aliphatic carbocycles. The summed E-state index contributed by atoms with van der Waals surface area (Å²) in [4.78, 5) is 28.2. The summed E-state index contributed by atoms with van der Waals surface area (Å²) in [5.41, 5.74) is 6.47. The molecule has 2 aromatic carbocycles. The average Bonchev–Trinajstić information content (AvgIpc) is 3.18. The molecule has 0 bridgehead atoms. The molecule has 3 N–H and O–H groups in total. The van der Waals surface area contributed by atoms with Crippen LogP contribution in [-0.4, -0.2) is 27.0 Å². The number of hydrogen-bond acceptors (Lipinski definition) is 5. The second kappa shape index (κ2) is 8.50. The molecule has 3 rings (SSSR count). The van der Waals surface area contributed by atoms with Crippen molar-refractivity contribution < 1.29 is 9.59 Å². The van der Waals surface area contributed by atoms with Crippen LogP contribution < -0.4 is 10.9 Å². The highest BCUT2D eigenvalue weighted by molar-refractivity contribution is 7.98. The van der Waals surface area contributed by atoms with Crippen molar-refractivity contribution in [1.82, 2.24) is 26.0 Å². The minimum atomic E-state index is -0.482. The van der Waals surface area contributed by atoms with Gasteiger partial charge < -0.3 is 0 Å². The lowest BCUT2D eigenvalue weighted by molar-refractivity contribution is 0.0846. The molecule has 26 heavy (non-hydrogen) atoms. The fourth-order valence-corrected chi connectivity index (χ4v) is 3.02. The Hall–Kier alpha value is -2.84. The van der Waals surface area contributed by atoms with Gasteiger partial charge in [-0.2, -0.15) is 5.10 Å². The van der Waals surface area contributed by atoms with Gasteiger partial charge in [0.25, 0.3) is 11.8 Å². The first-order chi connectivity index (χ1) is 12.6. The molecule has 0 aliphatic heterocycles. The third kappa shape index (κ3) is 4.62. The number of hydrazine groups is 1. The van der Waals surface area contributed by atoms with Gasteiger partial charge in [-0.25, -0.2) is 4.98 Å². The van der Waals surface area contributed by atoms with Gasteiger partial charge in [-0.15, -0.1) is 0 Å². The number of thioether (sulfide) groups is 1. The molecule has 0 atom stereocenters. The smallest absolute Gasteiger partial charge is 0.267 e. The first-order valence-corrected chi connectivity index (χ1v) is 8.92. The van der Waals surface area contributed by atoms with Crippen molar-refractivity contribution >= 4 is 35.2 Å². The highest BCUT2D eigenvalue weighted by Crippen LogP contribution is 2.18. The molecule has 0 aliphatic rings. The van der Waals surface area contributed by atoms with E-state index in [9.17, 15) is 9.59 Å². The lowest BCUT2D eigenvalue weighted by Crippen LogP contribution is -2.41. The second-order valence-corrected chi connectivity index (χ2v) is 6.54. The van der Waals surface area contributed by atoms with Crippen molar-refractivity contribution in [2.75, 3.05) is 0 Å². The number of nitrogens with one attached hydrogen (secondary N) is 3. The molecule has 1 heterocycles. The van der Waals surface area contributed by atoms with Crippen LogP contribution in [0.1, 0.15) is 26.3 Å². The summed E-state index contributed by atoms with van der Waals surface area (Å²) in [5, 5.41) is 7.59. The summed E-state index contributed by atoms with van der Waals surface area (Å²) < 4.78 is 0. The number of H-pyrrole nitrogens is 1. The SMILES string of the molecule is O=C(NNC(=O)c1ccccc1Cl)c1ccc(CSc2ncn[nH]2)cc1. The van der Waals surface area contributed by atoms with Crippen molar-refractivity contribution in [2.45, 2.75) is 10.9 Å². The van der Waals surface area contributed by atoms with E-state index in [1.807, 2.05) is 12.1 Å². The zero-order valence-corrected chi connectivity index (χ0v) is 15.0. The number of hydrogen-bond donors (Lipinski definition) is 3. The average molecular weight is 388 g/mol. The third-order valence-corrected chi connectivity index (χ3v) is 4.67. The molecule has 0 spiro atoms. The Morgan fingerprint density at radius 2 is 1.77 bits per heavy atom. The van der Waals surface area contributed by atoms with Crippen molar-refractivity contribution in [1.29, 1.82) is 0 Å². The molecule has 0 radical (unpaired) electrons. The Morgan fingerprint density at radius 3 is 2.46 bits per heavy atom. The van der Waals surface area contributed by atoms with Crippen molar-refractivity contribution in [3.63, 3.8) is 0 Å². The minimum absolute atomic E-state index is 0.286. The number of nitrogens with zero attached hydrogens (tertiary/aromatic N) is 2. The second-order valence-electron chi connectivity index (χ2n) is 5.16. The summed E-state index contributed by atoms with van der Waals surface area (Å²) in [6.07, 6.45) is 1.45. The summed E-state index contributed by atoms with van der Waals surface area (Å²) >= 11 is 7.46. The maximum Gasteiger partial charge on any atom is 0.271 e. The van der Waals surface area contributed by atoms with E-state index in [-0.39, 0.29) is 5.56 Å². The van der Waals surface area contributed by atoms with Gasteiger partial charge in [0.15, 0.2) is 5.16 Å². The number of carbonyl (C=O) groups excluding carboxylic acids is 2. The standard InChI is InChI=1S/C17H14ClN5O2S/c18-14-4-2-1-3-13(14)16(25)22-21-15(24)12-7-5-11(6-8-12)9-26-17-19-10-20-23-17/h1-8,10H,9H2,(H,21,24)(H,22,25)(H,19,20,23). The lowest BCUT2D eigenvalue weighted by Gasteiger charge is -2.09. The first kappa shape index (κ1) is 18.0. The van der Waals surface area contributed by atoms with Crippen molar-refractivity contribution in [3.8, 4) is 0 Å². The fraction of sp³-hybridized carbons (Fsp3) is 0.0588. The van der Waals surface area contributed by atoms with Gasteiger partial charge in [-0.05, 0) is 29.8 Å². The monoisotopic (exact) mass is 387 g/mol. The summed E-state index contributed by atoms with van der Waals surface area (Å²) in [6.45, 7) is 0. The van der Waals surface area contributed by atoms with E-state index in [1.165, 1.54) is 18.1 Å². The van der Waals surface area contributed by atoms with Gasteiger partial charge in [-0.1, -0.05) is 47.6 Å². The number of amides is 2. The Morgan fingerprint density at radius 1 is 1.04 bits per heavy atom. The fourth-order valence-electron chi connectivity index (χ4n) is 2.07. The van der Waals surface area contributed by atoms with Crippen LogP contribution in [0.2, 0.25) is 5.02 Å². The zero-order valence-electron chi connectivity index (χ0n) is 13.4. The molecule has 0 saturated carbocycles. The number of rotatable bonds is 5. The van der Waals surface area contributed by atoms with Crippen LogP contribution in [0.25, 0.3) is 0 Å². The maximum atomic E-state index is 12.1. The zero-order chi connectivity index (χ0) is 18.4. The van der Waals surface area contributed by atoms with Crippen LogP contribution in [0.5, 0.6) is 0 Å². The molecule has 0 fully saturated rings. The molecule has 2 amide bonds. The highest BCUT2D eigenvalue weighted by Gasteiger charge is 2.11. The highest BCUT2D eigenvalue weighted by atomic mass is 35.5. The summed E-state index contributed by atoms with van der Waals surface area (Å²) in [6, 6.07) is 13.7. The van der Waals surface area contributed by atoms with Crippen LogP contribution >= 0.6 is 23.4 Å². The predicted molar refractivity (Wildman–Crippen MR) is 98.8 cm³/mol. The molecule has 0 unspecified atom stereocenters. The van der Waals surface area contributed by atoms with E-state index in [2.05, 4.69) is 26.0 Å². The Bertz CT molecular complexity index is 900. The van der Waals surface area contributed by atoms with E-state index < -0.39 is 11.8 Å². The summed E-state index contributed by atoms with van der Waals surface area (Å²) in [5.74, 6) is -0.204. The van der Waals surface area contributed by atoms with Gasteiger partial charge in [0, 0.05) is 11.3 Å². The van der Waals surface area contributed by atoms with E-state index in [1.54, 1.807) is 36.4 Å². The van der Waals surface area contributed by atoms with E-state index >= 15 is 0 Å². The number of halogens is 1.